The number of amides is 1. The van der Waals surface area contributed by atoms with Crippen molar-refractivity contribution in [3.63, 3.8) is 0 Å². The third kappa shape index (κ3) is 4.78. The summed E-state index contributed by atoms with van der Waals surface area (Å²) in [6.45, 7) is 0.0116. The maximum atomic E-state index is 10.5. The summed E-state index contributed by atoms with van der Waals surface area (Å²) in [5.41, 5.74) is 0. The Morgan fingerprint density at radius 2 is 2.40 bits per heavy atom. The van der Waals surface area contributed by atoms with Crippen molar-refractivity contribution >= 4 is 12.2 Å². The zero-order chi connectivity index (χ0) is 7.82. The predicted molar refractivity (Wildman–Crippen MR) is 33.9 cm³/mol. The first-order valence-corrected chi connectivity index (χ1v) is 2.88. The average Bonchev–Trinajstić information content (AvgIpc) is 1.97. The number of aldehydes is 1. The molecule has 4 nitrogen and oxygen atoms in total. The minimum atomic E-state index is -0.256. The molecule has 0 atom stereocenters. The number of nitrogens with zero attached hydrogens (tertiary/aromatic N) is 1. The molecule has 0 aromatic heterocycles. The Bertz CT molecular complexity index is 160. The van der Waals surface area contributed by atoms with Gasteiger partial charge in [0.15, 0.2) is 0 Å². The molecule has 1 N–H and O–H groups in total. The Labute approximate surface area is 58.8 Å². The highest BCUT2D eigenvalue weighted by atomic mass is 16.1. The largest absolute Gasteiger partial charge is 0.343 e. The fraction of sp³-hybridized carbons (Fsp3) is 0.500. The van der Waals surface area contributed by atoms with Crippen LogP contribution in [0.3, 0.4) is 0 Å². The van der Waals surface area contributed by atoms with E-state index >= 15 is 0 Å². The maximum Gasteiger partial charge on any atom is 0.221 e. The Kier molecular flexibility index (Phi) is 4.97. The number of nitrogens with one attached hydrogen (secondary N) is 1. The summed E-state index contributed by atoms with van der Waals surface area (Å²) in [4.78, 5) is 20.3. The highest BCUT2D eigenvalue weighted by Crippen LogP contribution is 1.82. The van der Waals surface area contributed by atoms with Gasteiger partial charge < -0.3 is 10.1 Å². The van der Waals surface area contributed by atoms with E-state index in [9.17, 15) is 9.59 Å². The first-order valence-electron chi connectivity index (χ1n) is 2.88. The molecule has 0 aliphatic rings. The number of rotatable bonds is 4. The Hall–Kier alpha value is -1.37. The summed E-state index contributed by atoms with van der Waals surface area (Å²) < 4.78 is 0. The summed E-state index contributed by atoms with van der Waals surface area (Å²) in [5.74, 6) is -0.256. The van der Waals surface area contributed by atoms with Crippen LogP contribution in [-0.4, -0.2) is 18.7 Å². The van der Waals surface area contributed by atoms with E-state index in [-0.39, 0.29) is 25.3 Å². The van der Waals surface area contributed by atoms with E-state index in [2.05, 4.69) is 5.32 Å². The molecule has 0 radical (unpaired) electrons. The van der Waals surface area contributed by atoms with Crippen LogP contribution in [0.25, 0.3) is 0 Å². The van der Waals surface area contributed by atoms with Crippen molar-refractivity contribution in [1.82, 2.24) is 5.32 Å². The molecule has 0 saturated carbocycles. The summed E-state index contributed by atoms with van der Waals surface area (Å²) >= 11 is 0. The van der Waals surface area contributed by atoms with Crippen molar-refractivity contribution in [3.8, 4) is 6.07 Å². The second-order valence-corrected chi connectivity index (χ2v) is 1.64. The molecule has 0 heterocycles. The molecule has 0 rings (SSSR count). The molecule has 0 aromatic rings. The summed E-state index contributed by atoms with van der Waals surface area (Å²) in [7, 11) is 0. The number of nitriles is 1. The van der Waals surface area contributed by atoms with Crippen molar-refractivity contribution in [3.05, 3.63) is 0 Å². The molecule has 4 heteroatoms. The van der Waals surface area contributed by atoms with Gasteiger partial charge in [0.2, 0.25) is 5.91 Å². The first-order chi connectivity index (χ1) is 4.81. The lowest BCUT2D eigenvalue weighted by atomic mass is 10.3. The van der Waals surface area contributed by atoms with E-state index in [4.69, 9.17) is 5.26 Å². The lowest BCUT2D eigenvalue weighted by Crippen LogP contribution is -2.22. The first kappa shape index (κ1) is 8.63. The zero-order valence-electron chi connectivity index (χ0n) is 5.46. The van der Waals surface area contributed by atoms with Crippen LogP contribution in [0.15, 0.2) is 0 Å². The van der Waals surface area contributed by atoms with Crippen LogP contribution in [0.2, 0.25) is 0 Å². The van der Waals surface area contributed by atoms with Gasteiger partial charge in [-0.25, -0.2) is 0 Å². The molecule has 0 unspecified atom stereocenters. The van der Waals surface area contributed by atoms with Gasteiger partial charge >= 0.3 is 0 Å². The highest BCUT2D eigenvalue weighted by molar-refractivity contribution is 5.78. The van der Waals surface area contributed by atoms with Crippen molar-refractivity contribution in [1.29, 1.82) is 5.26 Å². The van der Waals surface area contributed by atoms with Crippen molar-refractivity contribution in [2.24, 2.45) is 0 Å². The normalized spacial score (nSPS) is 7.90. The molecule has 0 saturated heterocycles. The van der Waals surface area contributed by atoms with Gasteiger partial charge in [-0.15, -0.1) is 0 Å². The van der Waals surface area contributed by atoms with Crippen LogP contribution in [0.4, 0.5) is 0 Å². The Balaban J connectivity index is 3.27. The maximum absolute atomic E-state index is 10.5. The van der Waals surface area contributed by atoms with Crippen LogP contribution in [-0.2, 0) is 9.59 Å². The van der Waals surface area contributed by atoms with Crippen molar-refractivity contribution in [2.45, 2.75) is 12.8 Å². The van der Waals surface area contributed by atoms with Gasteiger partial charge in [0.05, 0.1) is 6.07 Å². The third-order valence-electron chi connectivity index (χ3n) is 0.854. The second kappa shape index (κ2) is 5.76. The SMILES string of the molecule is N#CCNC(=O)CCC=O. The smallest absolute Gasteiger partial charge is 0.221 e. The molecule has 0 bridgehead atoms. The van der Waals surface area contributed by atoms with Gasteiger partial charge in [0.25, 0.3) is 0 Å². The third-order valence-corrected chi connectivity index (χ3v) is 0.854. The minimum Gasteiger partial charge on any atom is -0.343 e. The molecule has 54 valence electrons. The monoisotopic (exact) mass is 140 g/mol. The number of hydrogen-bond acceptors (Lipinski definition) is 3. The standard InChI is InChI=1S/C6H8N2O2/c7-3-4-8-6(10)2-1-5-9/h5H,1-2,4H2,(H,8,10). The molecule has 0 fully saturated rings. The molecule has 0 spiro atoms. The molecular formula is C6H8N2O2. The van der Waals surface area contributed by atoms with E-state index in [1.54, 1.807) is 6.07 Å². The van der Waals surface area contributed by atoms with E-state index in [0.717, 1.165) is 0 Å². The number of hydrogen-bond donors (Lipinski definition) is 1. The molecule has 0 aliphatic carbocycles. The molecule has 0 aromatic carbocycles. The van der Waals surface area contributed by atoms with Crippen molar-refractivity contribution < 1.29 is 9.59 Å². The fourth-order valence-corrected chi connectivity index (χ4v) is 0.417. The van der Waals surface area contributed by atoms with Gasteiger partial charge in [-0.1, -0.05) is 0 Å². The topological polar surface area (TPSA) is 70.0 Å². The van der Waals surface area contributed by atoms with Gasteiger partial charge in [0.1, 0.15) is 12.8 Å². The van der Waals surface area contributed by atoms with Crippen molar-refractivity contribution in [2.75, 3.05) is 6.54 Å². The quantitative estimate of drug-likeness (QED) is 0.427. The average molecular weight is 140 g/mol. The summed E-state index contributed by atoms with van der Waals surface area (Å²) in [5, 5.41) is 10.3. The van der Waals surface area contributed by atoms with Gasteiger partial charge in [-0.05, 0) is 0 Å². The predicted octanol–water partition coefficient (Wildman–Crippen LogP) is -0.395. The molecule has 1 amide bonds. The van der Waals surface area contributed by atoms with Crippen LogP contribution in [0.5, 0.6) is 0 Å². The van der Waals surface area contributed by atoms with E-state index in [0.29, 0.717) is 6.29 Å². The highest BCUT2D eigenvalue weighted by Gasteiger charge is 1.96. The van der Waals surface area contributed by atoms with E-state index in [1.165, 1.54) is 0 Å². The van der Waals surface area contributed by atoms with Crippen LogP contribution in [0, 0.1) is 11.3 Å². The van der Waals surface area contributed by atoms with Gasteiger partial charge in [0, 0.05) is 12.8 Å². The minimum absolute atomic E-state index is 0.0116. The van der Waals surface area contributed by atoms with Gasteiger partial charge in [-0.3, -0.25) is 4.79 Å². The molecule has 0 aliphatic heterocycles. The van der Waals surface area contributed by atoms with E-state index in [1.807, 2.05) is 0 Å². The Morgan fingerprint density at radius 3 is 2.90 bits per heavy atom. The van der Waals surface area contributed by atoms with Crippen LogP contribution in [0.1, 0.15) is 12.8 Å². The number of carbonyl (C=O) groups is 2. The van der Waals surface area contributed by atoms with E-state index < -0.39 is 0 Å². The zero-order valence-corrected chi connectivity index (χ0v) is 5.46. The van der Waals surface area contributed by atoms with Gasteiger partial charge in [-0.2, -0.15) is 5.26 Å². The second-order valence-electron chi connectivity index (χ2n) is 1.64. The summed E-state index contributed by atoms with van der Waals surface area (Å²) in [6.07, 6.45) is 1.06. The van der Waals surface area contributed by atoms with Crippen LogP contribution >= 0.6 is 0 Å². The fourth-order valence-electron chi connectivity index (χ4n) is 0.417. The lowest BCUT2D eigenvalue weighted by molar-refractivity contribution is -0.122. The summed E-state index contributed by atoms with van der Waals surface area (Å²) in [6, 6.07) is 1.75. The lowest BCUT2D eigenvalue weighted by Gasteiger charge is -1.94. The number of carbonyl (C=O) groups excluding carboxylic acids is 2. The van der Waals surface area contributed by atoms with Crippen LogP contribution < -0.4 is 5.32 Å². The molecule has 10 heavy (non-hydrogen) atoms. The Morgan fingerprint density at radius 1 is 1.70 bits per heavy atom. The molecular weight excluding hydrogens is 132 g/mol.